The third-order valence-electron chi connectivity index (χ3n) is 2.81. The Hall–Kier alpha value is -2.25. The summed E-state index contributed by atoms with van der Waals surface area (Å²) in [4.78, 5) is 12.5. The molecule has 0 aliphatic heterocycles. The molecule has 0 bridgehead atoms. The number of nitrogens with zero attached hydrogens (tertiary/aromatic N) is 3. The lowest BCUT2D eigenvalue weighted by molar-refractivity contribution is 1.11. The van der Waals surface area contributed by atoms with Gasteiger partial charge in [0.05, 0.1) is 15.7 Å². The Labute approximate surface area is 113 Å². The molecule has 3 aromatic rings. The number of nitrogens with one attached hydrogen (secondary N) is 2. The zero-order chi connectivity index (χ0) is 13.2. The van der Waals surface area contributed by atoms with Gasteiger partial charge in [0, 0.05) is 11.3 Å². The maximum absolute atomic E-state index is 5.40. The van der Waals surface area contributed by atoms with Gasteiger partial charge in [-0.25, -0.2) is 20.8 Å². The van der Waals surface area contributed by atoms with Crippen LogP contribution >= 0.6 is 11.3 Å². The highest BCUT2D eigenvalue weighted by molar-refractivity contribution is 7.16. The van der Waals surface area contributed by atoms with Crippen molar-refractivity contribution in [2.45, 2.75) is 6.92 Å². The van der Waals surface area contributed by atoms with Crippen LogP contribution in [0.1, 0.15) is 5.56 Å². The largest absolute Gasteiger partial charge is 0.340 e. The van der Waals surface area contributed by atoms with E-state index < -0.39 is 0 Å². The van der Waals surface area contributed by atoms with Gasteiger partial charge in [0.25, 0.3) is 0 Å². The molecule has 0 aliphatic carbocycles. The summed E-state index contributed by atoms with van der Waals surface area (Å²) < 4.78 is 1.13. The lowest BCUT2D eigenvalue weighted by atomic mass is 10.2. The SMILES string of the molecule is Cc1c(NN)ncnc1Nc1ccc2ncsc2c1. The first-order valence-corrected chi connectivity index (χ1v) is 6.54. The summed E-state index contributed by atoms with van der Waals surface area (Å²) in [7, 11) is 0. The van der Waals surface area contributed by atoms with Crippen molar-refractivity contribution in [3.63, 3.8) is 0 Å². The molecule has 0 saturated heterocycles. The minimum Gasteiger partial charge on any atom is -0.340 e. The number of aromatic nitrogens is 3. The van der Waals surface area contributed by atoms with E-state index in [0.717, 1.165) is 27.3 Å². The highest BCUT2D eigenvalue weighted by Crippen LogP contribution is 2.26. The number of hydrogen-bond acceptors (Lipinski definition) is 7. The Morgan fingerprint density at radius 3 is 2.84 bits per heavy atom. The van der Waals surface area contributed by atoms with Gasteiger partial charge in [0.1, 0.15) is 18.0 Å². The van der Waals surface area contributed by atoms with Gasteiger partial charge >= 0.3 is 0 Å². The van der Waals surface area contributed by atoms with E-state index >= 15 is 0 Å². The van der Waals surface area contributed by atoms with Crippen molar-refractivity contribution in [3.05, 3.63) is 35.6 Å². The average molecular weight is 272 g/mol. The second-order valence-corrected chi connectivity index (χ2v) is 4.89. The number of rotatable bonds is 3. The first-order valence-electron chi connectivity index (χ1n) is 5.66. The highest BCUT2D eigenvalue weighted by Gasteiger charge is 2.06. The van der Waals surface area contributed by atoms with Crippen LogP contribution in [0.3, 0.4) is 0 Å². The Kier molecular flexibility index (Phi) is 2.98. The molecule has 0 fully saturated rings. The summed E-state index contributed by atoms with van der Waals surface area (Å²) in [6.45, 7) is 1.91. The fourth-order valence-corrected chi connectivity index (χ4v) is 2.51. The van der Waals surface area contributed by atoms with Gasteiger partial charge in [-0.1, -0.05) is 0 Å². The second-order valence-electron chi connectivity index (χ2n) is 4.00. The van der Waals surface area contributed by atoms with Crippen molar-refractivity contribution < 1.29 is 0 Å². The Bertz CT molecular complexity index is 723. The van der Waals surface area contributed by atoms with E-state index in [-0.39, 0.29) is 0 Å². The van der Waals surface area contributed by atoms with Gasteiger partial charge in [-0.15, -0.1) is 11.3 Å². The fourth-order valence-electron chi connectivity index (χ4n) is 1.79. The lowest BCUT2D eigenvalue weighted by Gasteiger charge is -2.10. The number of hydrazine groups is 1. The first-order chi connectivity index (χ1) is 9.28. The monoisotopic (exact) mass is 272 g/mol. The normalized spacial score (nSPS) is 10.6. The summed E-state index contributed by atoms with van der Waals surface area (Å²) in [6, 6.07) is 6.00. The predicted molar refractivity (Wildman–Crippen MR) is 77.5 cm³/mol. The number of fused-ring (bicyclic) bond motifs is 1. The number of thiazole rings is 1. The van der Waals surface area contributed by atoms with Crippen molar-refractivity contribution in [2.75, 3.05) is 10.7 Å². The highest BCUT2D eigenvalue weighted by atomic mass is 32.1. The Morgan fingerprint density at radius 1 is 1.16 bits per heavy atom. The van der Waals surface area contributed by atoms with Crippen molar-refractivity contribution >= 4 is 38.9 Å². The number of hydrogen-bond donors (Lipinski definition) is 3. The van der Waals surface area contributed by atoms with Crippen LogP contribution in [0.5, 0.6) is 0 Å². The smallest absolute Gasteiger partial charge is 0.148 e. The van der Waals surface area contributed by atoms with E-state index in [9.17, 15) is 0 Å². The van der Waals surface area contributed by atoms with E-state index in [1.807, 2.05) is 30.6 Å². The minimum atomic E-state index is 0.608. The molecule has 4 N–H and O–H groups in total. The predicted octanol–water partition coefficient (Wildman–Crippen LogP) is 2.42. The second kappa shape index (κ2) is 4.79. The number of anilines is 3. The van der Waals surface area contributed by atoms with Crippen molar-refractivity contribution in [2.24, 2.45) is 5.84 Å². The Balaban J connectivity index is 1.96. The molecule has 3 rings (SSSR count). The van der Waals surface area contributed by atoms with Crippen LogP contribution in [0, 0.1) is 6.92 Å². The zero-order valence-corrected chi connectivity index (χ0v) is 11.0. The molecule has 19 heavy (non-hydrogen) atoms. The number of nitrogens with two attached hydrogens (primary N) is 1. The Morgan fingerprint density at radius 2 is 2.00 bits per heavy atom. The van der Waals surface area contributed by atoms with Crippen molar-refractivity contribution in [1.82, 2.24) is 15.0 Å². The quantitative estimate of drug-likeness (QED) is 0.501. The van der Waals surface area contributed by atoms with Crippen LogP contribution in [-0.2, 0) is 0 Å². The van der Waals surface area contributed by atoms with Crippen LogP contribution in [0.4, 0.5) is 17.3 Å². The molecule has 0 unspecified atom stereocenters. The summed E-state index contributed by atoms with van der Waals surface area (Å²) >= 11 is 1.61. The number of benzene rings is 1. The van der Waals surface area contributed by atoms with E-state index in [0.29, 0.717) is 5.82 Å². The number of nitrogen functional groups attached to an aromatic ring is 1. The molecule has 0 radical (unpaired) electrons. The maximum atomic E-state index is 5.40. The third-order valence-corrected chi connectivity index (χ3v) is 3.61. The topological polar surface area (TPSA) is 88.8 Å². The van der Waals surface area contributed by atoms with Gasteiger partial charge in [0.15, 0.2) is 0 Å². The molecule has 0 amide bonds. The molecule has 2 aromatic heterocycles. The lowest BCUT2D eigenvalue weighted by Crippen LogP contribution is -2.11. The summed E-state index contributed by atoms with van der Waals surface area (Å²) in [6.07, 6.45) is 1.47. The molecule has 0 aliphatic rings. The molecular weight excluding hydrogens is 260 g/mol. The van der Waals surface area contributed by atoms with Crippen LogP contribution in [0.15, 0.2) is 30.0 Å². The molecule has 6 nitrogen and oxygen atoms in total. The molecule has 7 heteroatoms. The van der Waals surface area contributed by atoms with E-state index in [1.54, 1.807) is 11.3 Å². The van der Waals surface area contributed by atoms with E-state index in [2.05, 4.69) is 25.7 Å². The average Bonchev–Trinajstić information content (AvgIpc) is 2.88. The standard InChI is InChI=1S/C12H12N6S/c1-7-11(14-5-15-12(7)18-13)17-8-2-3-9-10(4-8)19-6-16-9/h2-6H,13H2,1H3,(H2,14,15,17,18). The molecule has 1 aromatic carbocycles. The van der Waals surface area contributed by atoms with Crippen LogP contribution in [-0.4, -0.2) is 15.0 Å². The van der Waals surface area contributed by atoms with Crippen molar-refractivity contribution in [1.29, 1.82) is 0 Å². The third kappa shape index (κ3) is 2.20. The molecule has 0 atom stereocenters. The van der Waals surface area contributed by atoms with Crippen LogP contribution in [0.25, 0.3) is 10.2 Å². The van der Waals surface area contributed by atoms with Gasteiger partial charge in [0.2, 0.25) is 0 Å². The molecule has 0 spiro atoms. The van der Waals surface area contributed by atoms with Gasteiger partial charge in [-0.3, -0.25) is 0 Å². The van der Waals surface area contributed by atoms with Gasteiger partial charge < -0.3 is 10.7 Å². The van der Waals surface area contributed by atoms with E-state index in [4.69, 9.17) is 5.84 Å². The summed E-state index contributed by atoms with van der Waals surface area (Å²) in [5.41, 5.74) is 7.21. The van der Waals surface area contributed by atoms with Gasteiger partial charge in [-0.2, -0.15) is 0 Å². The van der Waals surface area contributed by atoms with Crippen LogP contribution < -0.4 is 16.6 Å². The fraction of sp³-hybridized carbons (Fsp3) is 0.0833. The van der Waals surface area contributed by atoms with Crippen LogP contribution in [0.2, 0.25) is 0 Å². The summed E-state index contributed by atoms with van der Waals surface area (Å²) in [5, 5.41) is 3.26. The van der Waals surface area contributed by atoms with Gasteiger partial charge in [-0.05, 0) is 25.1 Å². The minimum absolute atomic E-state index is 0.608. The van der Waals surface area contributed by atoms with E-state index in [1.165, 1.54) is 6.33 Å². The zero-order valence-electron chi connectivity index (χ0n) is 10.2. The molecule has 2 heterocycles. The van der Waals surface area contributed by atoms with Crippen molar-refractivity contribution in [3.8, 4) is 0 Å². The summed E-state index contributed by atoms with van der Waals surface area (Å²) in [5.74, 6) is 6.74. The first kappa shape index (κ1) is 11.8. The maximum Gasteiger partial charge on any atom is 0.148 e. The molecule has 0 saturated carbocycles. The molecular formula is C12H12N6S. The molecule has 96 valence electrons.